The summed E-state index contributed by atoms with van der Waals surface area (Å²) in [5.74, 6) is -0.145. The number of carbonyl (C=O) groups excluding carboxylic acids is 1. The van der Waals surface area contributed by atoms with E-state index in [4.69, 9.17) is 0 Å². The lowest BCUT2D eigenvalue weighted by Crippen LogP contribution is -2.09. The zero-order valence-corrected chi connectivity index (χ0v) is 11.5. The predicted octanol–water partition coefficient (Wildman–Crippen LogP) is 3.89. The smallest absolute Gasteiger partial charge is 0.159 e. The van der Waals surface area contributed by atoms with Crippen molar-refractivity contribution < 1.29 is 9.90 Å². The molecule has 0 saturated heterocycles. The van der Waals surface area contributed by atoms with Crippen molar-refractivity contribution in [3.63, 3.8) is 0 Å². The molecule has 20 heavy (non-hydrogen) atoms. The van der Waals surface area contributed by atoms with Gasteiger partial charge >= 0.3 is 0 Å². The minimum absolute atomic E-state index is 0.0226. The lowest BCUT2D eigenvalue weighted by atomic mass is 9.89. The fraction of sp³-hybridized carbons (Fsp3) is 0.167. The number of aliphatic hydroxyl groups is 1. The highest BCUT2D eigenvalue weighted by Crippen LogP contribution is 2.31. The quantitative estimate of drug-likeness (QED) is 0.658. The van der Waals surface area contributed by atoms with Gasteiger partial charge in [0.1, 0.15) is 0 Å². The minimum Gasteiger partial charge on any atom is -0.387 e. The van der Waals surface area contributed by atoms with E-state index < -0.39 is 6.10 Å². The first kappa shape index (κ1) is 14.2. The second-order valence-electron chi connectivity index (χ2n) is 4.80. The van der Waals surface area contributed by atoms with Gasteiger partial charge in [-0.15, -0.1) is 6.58 Å². The Kier molecular flexibility index (Phi) is 4.49. The van der Waals surface area contributed by atoms with Crippen LogP contribution in [0.15, 0.2) is 67.3 Å². The lowest BCUT2D eigenvalue weighted by molar-refractivity contribution is 0.101. The summed E-state index contributed by atoms with van der Waals surface area (Å²) in [6.45, 7) is 5.35. The third-order valence-corrected chi connectivity index (χ3v) is 3.44. The molecule has 0 amide bonds. The van der Waals surface area contributed by atoms with Gasteiger partial charge in [-0.3, -0.25) is 4.79 Å². The molecule has 0 radical (unpaired) electrons. The topological polar surface area (TPSA) is 37.3 Å². The summed E-state index contributed by atoms with van der Waals surface area (Å²) in [6, 6.07) is 16.8. The van der Waals surface area contributed by atoms with Gasteiger partial charge in [-0.25, -0.2) is 0 Å². The fourth-order valence-corrected chi connectivity index (χ4v) is 2.24. The van der Waals surface area contributed by atoms with Crippen molar-refractivity contribution in [3.05, 3.63) is 83.9 Å². The second-order valence-corrected chi connectivity index (χ2v) is 4.80. The Labute approximate surface area is 119 Å². The molecule has 0 aliphatic carbocycles. The summed E-state index contributed by atoms with van der Waals surface area (Å²) in [4.78, 5) is 11.3. The molecular formula is C18H18O2. The van der Waals surface area contributed by atoms with Gasteiger partial charge in [0.05, 0.1) is 6.10 Å². The molecule has 0 unspecified atom stereocenters. The molecular weight excluding hydrogens is 248 g/mol. The maximum absolute atomic E-state index is 11.3. The van der Waals surface area contributed by atoms with Crippen molar-refractivity contribution in [1.29, 1.82) is 0 Å². The average Bonchev–Trinajstić information content (AvgIpc) is 2.49. The number of rotatable bonds is 5. The van der Waals surface area contributed by atoms with Gasteiger partial charge in [-0.1, -0.05) is 60.7 Å². The minimum atomic E-state index is -0.670. The Morgan fingerprint density at radius 3 is 2.15 bits per heavy atom. The van der Waals surface area contributed by atoms with Crippen LogP contribution in [0.1, 0.15) is 40.4 Å². The van der Waals surface area contributed by atoms with Crippen LogP contribution in [0, 0.1) is 0 Å². The van der Waals surface area contributed by atoms with E-state index in [2.05, 4.69) is 6.58 Å². The Morgan fingerprint density at radius 2 is 1.65 bits per heavy atom. The highest BCUT2D eigenvalue weighted by Gasteiger charge is 2.19. The van der Waals surface area contributed by atoms with Crippen molar-refractivity contribution in [2.75, 3.05) is 0 Å². The number of hydrogen-bond donors (Lipinski definition) is 1. The number of benzene rings is 2. The third kappa shape index (κ3) is 3.03. The lowest BCUT2D eigenvalue weighted by Gasteiger charge is -2.20. The van der Waals surface area contributed by atoms with Gasteiger partial charge in [0.15, 0.2) is 5.78 Å². The number of carbonyl (C=O) groups is 1. The van der Waals surface area contributed by atoms with E-state index >= 15 is 0 Å². The van der Waals surface area contributed by atoms with Gasteiger partial charge in [-0.2, -0.15) is 0 Å². The molecule has 2 nitrogen and oxygen atoms in total. The highest BCUT2D eigenvalue weighted by molar-refractivity contribution is 5.94. The maximum Gasteiger partial charge on any atom is 0.159 e. The standard InChI is InChI=1S/C18H18O2/c1-3-17(15-7-5-4-6-8-15)18(20)16-11-9-14(10-12-16)13(2)19/h3-12,17-18,20H,1H2,2H3/t17-,18-/m0/s1. The SMILES string of the molecule is C=C[C@@H](c1ccccc1)[C@@H](O)c1ccc(C(C)=O)cc1. The molecule has 0 heterocycles. The molecule has 102 valence electrons. The molecule has 0 saturated carbocycles. The molecule has 2 aromatic rings. The van der Waals surface area contributed by atoms with Gasteiger partial charge in [0.2, 0.25) is 0 Å². The molecule has 0 aromatic heterocycles. The van der Waals surface area contributed by atoms with E-state index in [1.807, 2.05) is 30.3 Å². The molecule has 0 aliphatic rings. The monoisotopic (exact) mass is 266 g/mol. The van der Waals surface area contributed by atoms with Gasteiger partial charge in [-0.05, 0) is 18.1 Å². The van der Waals surface area contributed by atoms with Crippen molar-refractivity contribution in [2.24, 2.45) is 0 Å². The fourth-order valence-electron chi connectivity index (χ4n) is 2.24. The summed E-state index contributed by atoms with van der Waals surface area (Å²) in [5, 5.41) is 10.5. The van der Waals surface area contributed by atoms with E-state index in [1.54, 1.807) is 30.3 Å². The van der Waals surface area contributed by atoms with Crippen LogP contribution in [0.2, 0.25) is 0 Å². The summed E-state index contributed by atoms with van der Waals surface area (Å²) in [7, 11) is 0. The Bertz CT molecular complexity index is 585. The first-order valence-corrected chi connectivity index (χ1v) is 6.60. The Balaban J connectivity index is 2.27. The van der Waals surface area contributed by atoms with Crippen molar-refractivity contribution in [1.82, 2.24) is 0 Å². The Hall–Kier alpha value is -2.19. The molecule has 2 rings (SSSR count). The number of Topliss-reactive ketones (excluding diaryl/α,β-unsaturated/α-hetero) is 1. The van der Waals surface area contributed by atoms with Gasteiger partial charge < -0.3 is 5.11 Å². The first-order chi connectivity index (χ1) is 9.63. The largest absolute Gasteiger partial charge is 0.387 e. The molecule has 0 fully saturated rings. The van der Waals surface area contributed by atoms with E-state index in [0.29, 0.717) is 5.56 Å². The van der Waals surface area contributed by atoms with Gasteiger partial charge in [0, 0.05) is 11.5 Å². The summed E-state index contributed by atoms with van der Waals surface area (Å²) in [6.07, 6.45) is 1.08. The average molecular weight is 266 g/mol. The second kappa shape index (κ2) is 6.31. The van der Waals surface area contributed by atoms with E-state index in [0.717, 1.165) is 11.1 Å². The zero-order chi connectivity index (χ0) is 14.5. The normalized spacial score (nSPS) is 13.5. The van der Waals surface area contributed by atoms with E-state index in [-0.39, 0.29) is 11.7 Å². The van der Waals surface area contributed by atoms with Crippen molar-refractivity contribution >= 4 is 5.78 Å². The third-order valence-electron chi connectivity index (χ3n) is 3.44. The highest BCUT2D eigenvalue weighted by atomic mass is 16.3. The van der Waals surface area contributed by atoms with Crippen molar-refractivity contribution in [3.8, 4) is 0 Å². The molecule has 0 bridgehead atoms. The molecule has 2 aromatic carbocycles. The van der Waals surface area contributed by atoms with E-state index in [9.17, 15) is 9.90 Å². The molecule has 0 spiro atoms. The van der Waals surface area contributed by atoms with Crippen LogP contribution < -0.4 is 0 Å². The van der Waals surface area contributed by atoms with Crippen molar-refractivity contribution in [2.45, 2.75) is 18.9 Å². The number of hydrogen-bond acceptors (Lipinski definition) is 2. The number of aliphatic hydroxyl groups excluding tert-OH is 1. The molecule has 1 N–H and O–H groups in total. The first-order valence-electron chi connectivity index (χ1n) is 6.60. The molecule has 2 atom stereocenters. The summed E-state index contributed by atoms with van der Waals surface area (Å²) in [5.41, 5.74) is 2.45. The zero-order valence-electron chi connectivity index (χ0n) is 11.5. The Morgan fingerprint density at radius 1 is 1.05 bits per heavy atom. The number of ketones is 1. The van der Waals surface area contributed by atoms with Crippen LogP contribution in [-0.2, 0) is 0 Å². The van der Waals surface area contributed by atoms with Crippen LogP contribution in [-0.4, -0.2) is 10.9 Å². The summed E-state index contributed by atoms with van der Waals surface area (Å²) < 4.78 is 0. The van der Waals surface area contributed by atoms with Crippen LogP contribution in [0.5, 0.6) is 0 Å². The predicted molar refractivity (Wildman–Crippen MR) is 80.8 cm³/mol. The van der Waals surface area contributed by atoms with Crippen LogP contribution >= 0.6 is 0 Å². The summed E-state index contributed by atoms with van der Waals surface area (Å²) >= 11 is 0. The van der Waals surface area contributed by atoms with Crippen LogP contribution in [0.25, 0.3) is 0 Å². The van der Waals surface area contributed by atoms with Gasteiger partial charge in [0.25, 0.3) is 0 Å². The molecule has 2 heteroatoms. The maximum atomic E-state index is 11.3. The van der Waals surface area contributed by atoms with Crippen LogP contribution in [0.4, 0.5) is 0 Å². The van der Waals surface area contributed by atoms with Crippen LogP contribution in [0.3, 0.4) is 0 Å². The molecule has 0 aliphatic heterocycles. The van der Waals surface area contributed by atoms with E-state index in [1.165, 1.54) is 6.92 Å².